The Labute approximate surface area is 88.5 Å². The van der Waals surface area contributed by atoms with Crippen LogP contribution in [0.1, 0.15) is 33.1 Å². The minimum absolute atomic E-state index is 0.199. The number of hydrogen-bond donors (Lipinski definition) is 0. The molecule has 0 aliphatic heterocycles. The summed E-state index contributed by atoms with van der Waals surface area (Å²) < 4.78 is 4.89. The maximum atomic E-state index is 11.2. The van der Waals surface area contributed by atoms with Gasteiger partial charge in [-0.3, -0.25) is 0 Å². The van der Waals surface area contributed by atoms with Crippen molar-refractivity contribution in [3.8, 4) is 0 Å². The van der Waals surface area contributed by atoms with Crippen LogP contribution < -0.4 is 0 Å². The summed E-state index contributed by atoms with van der Waals surface area (Å²) in [6, 6.07) is 0. The zero-order chi connectivity index (χ0) is 10.1. The van der Waals surface area contributed by atoms with Gasteiger partial charge in [0.15, 0.2) is 0 Å². The van der Waals surface area contributed by atoms with Gasteiger partial charge in [-0.05, 0) is 13.3 Å². The lowest BCUT2D eigenvalue weighted by Crippen LogP contribution is -2.08. The maximum Gasteiger partial charge on any atom is 0.334 e. The van der Waals surface area contributed by atoms with Crippen molar-refractivity contribution in [3.05, 3.63) is 11.6 Å². The highest BCUT2D eigenvalue weighted by molar-refractivity contribution is 9.09. The van der Waals surface area contributed by atoms with Gasteiger partial charge in [0.1, 0.15) is 0 Å². The zero-order valence-corrected chi connectivity index (χ0v) is 9.89. The Bertz CT molecular complexity index is 176. The summed E-state index contributed by atoms with van der Waals surface area (Å²) in [7, 11) is 0. The van der Waals surface area contributed by atoms with Gasteiger partial charge in [-0.15, -0.1) is 0 Å². The number of carbonyl (C=O) groups is 1. The van der Waals surface area contributed by atoms with E-state index in [9.17, 15) is 4.79 Å². The molecule has 0 aliphatic rings. The SMILES string of the molecule is CCCC/C=C(/CBr)C(=O)OCC. The van der Waals surface area contributed by atoms with Crippen molar-refractivity contribution in [1.82, 2.24) is 0 Å². The molecule has 13 heavy (non-hydrogen) atoms. The van der Waals surface area contributed by atoms with Gasteiger partial charge >= 0.3 is 5.97 Å². The van der Waals surface area contributed by atoms with Crippen molar-refractivity contribution in [2.75, 3.05) is 11.9 Å². The second kappa shape index (κ2) is 8.30. The Kier molecular flexibility index (Phi) is 8.10. The predicted octanol–water partition coefficient (Wildman–Crippen LogP) is 3.06. The lowest BCUT2D eigenvalue weighted by molar-refractivity contribution is -0.138. The largest absolute Gasteiger partial charge is 0.463 e. The molecule has 0 aliphatic carbocycles. The van der Waals surface area contributed by atoms with Crippen molar-refractivity contribution in [1.29, 1.82) is 0 Å². The van der Waals surface area contributed by atoms with Gasteiger partial charge in [-0.25, -0.2) is 4.79 Å². The van der Waals surface area contributed by atoms with Crippen LogP contribution in [-0.2, 0) is 9.53 Å². The van der Waals surface area contributed by atoms with E-state index in [1.165, 1.54) is 0 Å². The molecule has 0 bridgehead atoms. The predicted molar refractivity (Wildman–Crippen MR) is 58.0 cm³/mol. The Morgan fingerprint density at radius 2 is 2.15 bits per heavy atom. The third kappa shape index (κ3) is 5.86. The average Bonchev–Trinajstić information content (AvgIpc) is 2.13. The van der Waals surface area contributed by atoms with Crippen molar-refractivity contribution >= 4 is 21.9 Å². The van der Waals surface area contributed by atoms with Gasteiger partial charge in [-0.2, -0.15) is 0 Å². The Morgan fingerprint density at radius 1 is 1.46 bits per heavy atom. The number of carbonyl (C=O) groups excluding carboxylic acids is 1. The quantitative estimate of drug-likeness (QED) is 0.313. The van der Waals surface area contributed by atoms with E-state index in [1.54, 1.807) is 0 Å². The molecule has 0 unspecified atom stereocenters. The molecule has 0 aromatic carbocycles. The first-order valence-corrected chi connectivity index (χ1v) is 5.80. The van der Waals surface area contributed by atoms with Gasteiger partial charge in [0.05, 0.1) is 6.61 Å². The molecule has 0 spiro atoms. The minimum Gasteiger partial charge on any atom is -0.463 e. The number of allylic oxidation sites excluding steroid dienone is 1. The molecule has 0 heterocycles. The lowest BCUT2D eigenvalue weighted by Gasteiger charge is -2.02. The molecule has 2 nitrogen and oxygen atoms in total. The molecule has 0 atom stereocenters. The second-order valence-electron chi connectivity index (χ2n) is 2.73. The van der Waals surface area contributed by atoms with Crippen molar-refractivity contribution < 1.29 is 9.53 Å². The highest BCUT2D eigenvalue weighted by Crippen LogP contribution is 2.06. The average molecular weight is 249 g/mol. The van der Waals surface area contributed by atoms with E-state index in [2.05, 4.69) is 22.9 Å². The molecule has 0 N–H and O–H groups in total. The van der Waals surface area contributed by atoms with Crippen LogP contribution in [0.4, 0.5) is 0 Å². The standard InChI is InChI=1S/C10H17BrO2/c1-3-5-6-7-9(8-11)10(12)13-4-2/h7H,3-6,8H2,1-2H3/b9-7-. The molecule has 3 heteroatoms. The molecule has 0 aromatic heterocycles. The van der Waals surface area contributed by atoms with Gasteiger partial charge in [0.25, 0.3) is 0 Å². The smallest absolute Gasteiger partial charge is 0.334 e. The van der Waals surface area contributed by atoms with Gasteiger partial charge in [0.2, 0.25) is 0 Å². The van der Waals surface area contributed by atoms with Crippen LogP contribution in [0.3, 0.4) is 0 Å². The third-order valence-electron chi connectivity index (χ3n) is 1.63. The summed E-state index contributed by atoms with van der Waals surface area (Å²) in [6.07, 6.45) is 5.18. The van der Waals surface area contributed by atoms with Crippen LogP contribution in [-0.4, -0.2) is 17.9 Å². The molecule has 0 saturated carbocycles. The van der Waals surface area contributed by atoms with Gasteiger partial charge in [-0.1, -0.05) is 41.8 Å². The summed E-state index contributed by atoms with van der Waals surface area (Å²) in [5.41, 5.74) is 0.732. The van der Waals surface area contributed by atoms with Crippen LogP contribution in [0, 0.1) is 0 Å². The summed E-state index contributed by atoms with van der Waals surface area (Å²) in [6.45, 7) is 4.39. The first-order chi connectivity index (χ1) is 6.26. The number of unbranched alkanes of at least 4 members (excludes halogenated alkanes) is 2. The highest BCUT2D eigenvalue weighted by atomic mass is 79.9. The number of halogens is 1. The van der Waals surface area contributed by atoms with E-state index in [-0.39, 0.29) is 5.97 Å². The van der Waals surface area contributed by atoms with Crippen molar-refractivity contribution in [2.45, 2.75) is 33.1 Å². The fourth-order valence-electron chi connectivity index (χ4n) is 0.897. The van der Waals surface area contributed by atoms with E-state index in [1.807, 2.05) is 13.0 Å². The van der Waals surface area contributed by atoms with Crippen molar-refractivity contribution in [3.63, 3.8) is 0 Å². The Balaban J connectivity index is 3.99. The monoisotopic (exact) mass is 248 g/mol. The van der Waals surface area contributed by atoms with Gasteiger partial charge < -0.3 is 4.74 Å². The summed E-state index contributed by atoms with van der Waals surface area (Å²) >= 11 is 3.27. The Hall–Kier alpha value is -0.310. The summed E-state index contributed by atoms with van der Waals surface area (Å²) in [4.78, 5) is 11.2. The molecule has 0 radical (unpaired) electrons. The first kappa shape index (κ1) is 12.7. The number of esters is 1. The topological polar surface area (TPSA) is 26.3 Å². The molecule has 0 fully saturated rings. The Morgan fingerprint density at radius 3 is 2.62 bits per heavy atom. The molecule has 76 valence electrons. The second-order valence-corrected chi connectivity index (χ2v) is 3.29. The zero-order valence-electron chi connectivity index (χ0n) is 8.31. The lowest BCUT2D eigenvalue weighted by atomic mass is 10.2. The van der Waals surface area contributed by atoms with Gasteiger partial charge in [0, 0.05) is 10.9 Å². The molecule has 0 rings (SSSR count). The molecular weight excluding hydrogens is 232 g/mol. The normalized spacial score (nSPS) is 11.5. The highest BCUT2D eigenvalue weighted by Gasteiger charge is 2.07. The van der Waals surface area contributed by atoms with Crippen LogP contribution in [0.2, 0.25) is 0 Å². The van der Waals surface area contributed by atoms with E-state index in [0.29, 0.717) is 11.9 Å². The fourth-order valence-corrected chi connectivity index (χ4v) is 1.35. The first-order valence-electron chi connectivity index (χ1n) is 4.68. The molecule has 0 saturated heterocycles. The number of ether oxygens (including phenoxy) is 1. The number of hydrogen-bond acceptors (Lipinski definition) is 2. The number of rotatable bonds is 6. The van der Waals surface area contributed by atoms with Crippen LogP contribution >= 0.6 is 15.9 Å². The molecular formula is C10H17BrO2. The minimum atomic E-state index is -0.199. The molecule has 0 aromatic rings. The van der Waals surface area contributed by atoms with Crippen LogP contribution in [0.25, 0.3) is 0 Å². The van der Waals surface area contributed by atoms with Crippen molar-refractivity contribution in [2.24, 2.45) is 0 Å². The fraction of sp³-hybridized carbons (Fsp3) is 0.700. The summed E-state index contributed by atoms with van der Waals surface area (Å²) in [5, 5.41) is 0.579. The van der Waals surface area contributed by atoms with E-state index in [4.69, 9.17) is 4.74 Å². The van der Waals surface area contributed by atoms with E-state index in [0.717, 1.165) is 24.8 Å². The molecule has 0 amide bonds. The number of alkyl halides is 1. The van der Waals surface area contributed by atoms with Crippen LogP contribution in [0.5, 0.6) is 0 Å². The van der Waals surface area contributed by atoms with E-state index >= 15 is 0 Å². The maximum absolute atomic E-state index is 11.2. The summed E-state index contributed by atoms with van der Waals surface area (Å²) in [5.74, 6) is -0.199. The third-order valence-corrected chi connectivity index (χ3v) is 2.23. The van der Waals surface area contributed by atoms with E-state index < -0.39 is 0 Å². The van der Waals surface area contributed by atoms with Crippen LogP contribution in [0.15, 0.2) is 11.6 Å².